The average molecular weight is 242 g/mol. The summed E-state index contributed by atoms with van der Waals surface area (Å²) in [4.78, 5) is 23.4. The Morgan fingerprint density at radius 2 is 1.53 bits per heavy atom. The number of carbonyl (C=O) groups excluding carboxylic acids is 2. The molecule has 0 bridgehead atoms. The molecule has 0 saturated carbocycles. The summed E-state index contributed by atoms with van der Waals surface area (Å²) in [5.74, 6) is -0.200. The van der Waals surface area contributed by atoms with E-state index in [0.29, 0.717) is 6.42 Å². The summed E-state index contributed by atoms with van der Waals surface area (Å²) in [6.45, 7) is 13.1. The molecule has 2 atom stereocenters. The fourth-order valence-electron chi connectivity index (χ4n) is 1.36. The van der Waals surface area contributed by atoms with E-state index >= 15 is 0 Å². The number of ether oxygens (including phenoxy) is 1. The second-order valence-corrected chi connectivity index (χ2v) is 6.12. The van der Waals surface area contributed by atoms with Gasteiger partial charge in [-0.05, 0) is 26.7 Å². The van der Waals surface area contributed by atoms with Crippen molar-refractivity contribution in [1.82, 2.24) is 0 Å². The highest BCUT2D eigenvalue weighted by Gasteiger charge is 2.27. The van der Waals surface area contributed by atoms with Crippen LogP contribution in [0.25, 0.3) is 0 Å². The van der Waals surface area contributed by atoms with Gasteiger partial charge in [-0.3, -0.25) is 9.59 Å². The van der Waals surface area contributed by atoms with Crippen molar-refractivity contribution < 1.29 is 14.3 Å². The van der Waals surface area contributed by atoms with E-state index < -0.39 is 5.60 Å². The average Bonchev–Trinajstić information content (AvgIpc) is 2.13. The van der Waals surface area contributed by atoms with Crippen LogP contribution in [0.3, 0.4) is 0 Å². The maximum absolute atomic E-state index is 11.8. The third-order valence-electron chi connectivity index (χ3n) is 2.80. The van der Waals surface area contributed by atoms with Crippen molar-refractivity contribution in [2.45, 2.75) is 60.5 Å². The Hall–Kier alpha value is -0.860. The molecule has 3 heteroatoms. The SMILES string of the molecule is CC(C)C(=O)CC(C)C(C)C(=O)OC(C)(C)C. The van der Waals surface area contributed by atoms with Crippen LogP contribution in [-0.2, 0) is 14.3 Å². The van der Waals surface area contributed by atoms with E-state index in [0.717, 1.165) is 0 Å². The first kappa shape index (κ1) is 16.1. The van der Waals surface area contributed by atoms with Gasteiger partial charge in [0.15, 0.2) is 0 Å². The largest absolute Gasteiger partial charge is 0.460 e. The van der Waals surface area contributed by atoms with Crippen LogP contribution in [0.2, 0.25) is 0 Å². The third kappa shape index (κ3) is 6.44. The maximum Gasteiger partial charge on any atom is 0.309 e. The van der Waals surface area contributed by atoms with Crippen LogP contribution in [0.4, 0.5) is 0 Å². The zero-order valence-corrected chi connectivity index (χ0v) is 12.2. The number of carbonyl (C=O) groups is 2. The molecule has 0 amide bonds. The molecule has 0 aliphatic heterocycles. The normalized spacial score (nSPS) is 15.5. The molecule has 0 spiro atoms. The first-order chi connectivity index (χ1) is 7.54. The lowest BCUT2D eigenvalue weighted by molar-refractivity contribution is -0.161. The molecule has 0 aromatic rings. The Morgan fingerprint density at radius 1 is 1.06 bits per heavy atom. The molecular formula is C14H26O3. The summed E-state index contributed by atoms with van der Waals surface area (Å²) < 4.78 is 5.31. The molecule has 0 heterocycles. The van der Waals surface area contributed by atoms with Gasteiger partial charge in [0.1, 0.15) is 11.4 Å². The quantitative estimate of drug-likeness (QED) is 0.695. The monoisotopic (exact) mass is 242 g/mol. The van der Waals surface area contributed by atoms with Gasteiger partial charge >= 0.3 is 5.97 Å². The molecule has 0 aliphatic rings. The zero-order valence-electron chi connectivity index (χ0n) is 12.2. The summed E-state index contributed by atoms with van der Waals surface area (Å²) >= 11 is 0. The number of ketones is 1. The van der Waals surface area contributed by atoms with Crippen LogP contribution in [0.1, 0.15) is 54.9 Å². The van der Waals surface area contributed by atoms with Crippen molar-refractivity contribution in [3.05, 3.63) is 0 Å². The Balaban J connectivity index is 4.35. The minimum atomic E-state index is -0.465. The van der Waals surface area contributed by atoms with Gasteiger partial charge in [0, 0.05) is 12.3 Å². The first-order valence-electron chi connectivity index (χ1n) is 6.30. The predicted molar refractivity (Wildman–Crippen MR) is 68.6 cm³/mol. The molecule has 0 aliphatic carbocycles. The van der Waals surface area contributed by atoms with Gasteiger partial charge in [0.05, 0.1) is 5.92 Å². The lowest BCUT2D eigenvalue weighted by Gasteiger charge is -2.25. The third-order valence-corrected chi connectivity index (χ3v) is 2.80. The van der Waals surface area contributed by atoms with Crippen LogP contribution in [0.5, 0.6) is 0 Å². The highest BCUT2D eigenvalue weighted by atomic mass is 16.6. The molecule has 0 aromatic heterocycles. The fraction of sp³-hybridized carbons (Fsp3) is 0.857. The molecule has 2 unspecified atom stereocenters. The van der Waals surface area contributed by atoms with Gasteiger partial charge in [-0.25, -0.2) is 0 Å². The zero-order chi connectivity index (χ0) is 13.8. The molecule has 0 rings (SSSR count). The highest BCUT2D eigenvalue weighted by molar-refractivity contribution is 5.81. The van der Waals surface area contributed by atoms with Crippen LogP contribution >= 0.6 is 0 Å². The van der Waals surface area contributed by atoms with Crippen molar-refractivity contribution in [1.29, 1.82) is 0 Å². The van der Waals surface area contributed by atoms with Gasteiger partial charge in [0.2, 0.25) is 0 Å². The van der Waals surface area contributed by atoms with Crippen LogP contribution in [0, 0.1) is 17.8 Å². The van der Waals surface area contributed by atoms with E-state index in [4.69, 9.17) is 4.74 Å². The van der Waals surface area contributed by atoms with Gasteiger partial charge in [-0.15, -0.1) is 0 Å². The summed E-state index contributed by atoms with van der Waals surface area (Å²) in [5.41, 5.74) is -0.465. The Labute approximate surface area is 105 Å². The molecular weight excluding hydrogens is 216 g/mol. The molecule has 0 radical (unpaired) electrons. The smallest absolute Gasteiger partial charge is 0.309 e. The topological polar surface area (TPSA) is 43.4 Å². The molecule has 0 fully saturated rings. The second-order valence-electron chi connectivity index (χ2n) is 6.12. The van der Waals surface area contributed by atoms with E-state index in [2.05, 4.69) is 0 Å². The summed E-state index contributed by atoms with van der Waals surface area (Å²) in [5, 5.41) is 0. The number of hydrogen-bond acceptors (Lipinski definition) is 3. The molecule has 17 heavy (non-hydrogen) atoms. The molecule has 0 aromatic carbocycles. The molecule has 0 saturated heterocycles. The van der Waals surface area contributed by atoms with E-state index in [1.807, 2.05) is 48.5 Å². The van der Waals surface area contributed by atoms with Crippen molar-refractivity contribution >= 4 is 11.8 Å². The lowest BCUT2D eigenvalue weighted by Crippen LogP contribution is -2.31. The standard InChI is InChI=1S/C14H26O3/c1-9(2)12(15)8-10(3)11(4)13(16)17-14(5,6)7/h9-11H,8H2,1-7H3. The summed E-state index contributed by atoms with van der Waals surface area (Å²) in [6, 6.07) is 0. The van der Waals surface area contributed by atoms with Crippen LogP contribution in [-0.4, -0.2) is 17.4 Å². The number of hydrogen-bond donors (Lipinski definition) is 0. The Kier molecular flexibility index (Phi) is 5.86. The van der Waals surface area contributed by atoms with Gasteiger partial charge < -0.3 is 4.74 Å². The predicted octanol–water partition coefficient (Wildman–Crippen LogP) is 3.22. The van der Waals surface area contributed by atoms with Crippen LogP contribution in [0.15, 0.2) is 0 Å². The second kappa shape index (κ2) is 6.18. The molecule has 3 nitrogen and oxygen atoms in total. The maximum atomic E-state index is 11.8. The number of Topliss-reactive ketones (excluding diaryl/α,β-unsaturated/α-hetero) is 1. The Bertz CT molecular complexity index is 274. The highest BCUT2D eigenvalue weighted by Crippen LogP contribution is 2.21. The van der Waals surface area contributed by atoms with Gasteiger partial charge in [-0.2, -0.15) is 0 Å². The summed E-state index contributed by atoms with van der Waals surface area (Å²) in [6.07, 6.45) is 0.443. The lowest BCUT2D eigenvalue weighted by atomic mass is 9.88. The Morgan fingerprint density at radius 3 is 1.88 bits per heavy atom. The van der Waals surface area contributed by atoms with E-state index in [1.54, 1.807) is 0 Å². The van der Waals surface area contributed by atoms with Crippen molar-refractivity contribution in [2.24, 2.45) is 17.8 Å². The van der Waals surface area contributed by atoms with Crippen molar-refractivity contribution in [3.63, 3.8) is 0 Å². The molecule has 0 N–H and O–H groups in total. The first-order valence-corrected chi connectivity index (χ1v) is 6.30. The van der Waals surface area contributed by atoms with Gasteiger partial charge in [-0.1, -0.05) is 27.7 Å². The van der Waals surface area contributed by atoms with E-state index in [-0.39, 0.29) is 29.5 Å². The van der Waals surface area contributed by atoms with Gasteiger partial charge in [0.25, 0.3) is 0 Å². The van der Waals surface area contributed by atoms with Crippen molar-refractivity contribution in [3.8, 4) is 0 Å². The number of esters is 1. The van der Waals surface area contributed by atoms with E-state index in [9.17, 15) is 9.59 Å². The van der Waals surface area contributed by atoms with Crippen LogP contribution < -0.4 is 0 Å². The molecule has 100 valence electrons. The fourth-order valence-corrected chi connectivity index (χ4v) is 1.36. The van der Waals surface area contributed by atoms with Crippen molar-refractivity contribution in [2.75, 3.05) is 0 Å². The minimum absolute atomic E-state index is 0.0275. The summed E-state index contributed by atoms with van der Waals surface area (Å²) in [7, 11) is 0. The van der Waals surface area contributed by atoms with E-state index in [1.165, 1.54) is 0 Å². The number of rotatable bonds is 5. The minimum Gasteiger partial charge on any atom is -0.460 e.